The molecule has 29 heavy (non-hydrogen) atoms. The first-order valence-corrected chi connectivity index (χ1v) is 9.42. The van der Waals surface area contributed by atoms with E-state index in [2.05, 4.69) is 23.4 Å². The molecule has 3 rings (SSSR count). The molecule has 5 heteroatoms. The molecule has 0 saturated carbocycles. The van der Waals surface area contributed by atoms with E-state index in [0.29, 0.717) is 28.5 Å². The third-order valence-electron chi connectivity index (χ3n) is 4.92. The summed E-state index contributed by atoms with van der Waals surface area (Å²) in [5, 5.41) is 14.8. The summed E-state index contributed by atoms with van der Waals surface area (Å²) >= 11 is 0. The normalized spacial score (nSPS) is 13.1. The standard InChI is InChI=1S/C24H24N2O3/c1-4-20(27)25-14-5-15-26(3)19-12-10-18(11-13-19)22-23(28)21(24(22)29)17-8-6-16(2)7-9-17/h4,6-13,28H,1-2,5,14-15H2,3H3,(H,25,27). The summed E-state index contributed by atoms with van der Waals surface area (Å²) in [6.45, 7) is 8.60. The van der Waals surface area contributed by atoms with Crippen molar-refractivity contribution in [3.05, 3.63) is 82.9 Å². The molecule has 5 nitrogen and oxygen atoms in total. The largest absolute Gasteiger partial charge is 0.506 e. The van der Waals surface area contributed by atoms with Crippen molar-refractivity contribution in [3.63, 3.8) is 0 Å². The van der Waals surface area contributed by atoms with Gasteiger partial charge in [-0.1, -0.05) is 49.6 Å². The number of nitrogens with zero attached hydrogens (tertiary/aromatic N) is 1. The van der Waals surface area contributed by atoms with Crippen molar-refractivity contribution in [1.29, 1.82) is 0 Å². The Morgan fingerprint density at radius 2 is 1.76 bits per heavy atom. The van der Waals surface area contributed by atoms with Crippen molar-refractivity contribution in [2.45, 2.75) is 6.42 Å². The predicted octanol–water partition coefficient (Wildman–Crippen LogP) is 1.93. The van der Waals surface area contributed by atoms with Gasteiger partial charge in [0, 0.05) is 25.8 Å². The number of hydrogen-bond acceptors (Lipinski definition) is 4. The Hall–Kier alpha value is -3.60. The Bertz CT molecular complexity index is 1070. The van der Waals surface area contributed by atoms with Gasteiger partial charge in [0.05, 0.1) is 11.1 Å². The molecule has 0 spiro atoms. The minimum Gasteiger partial charge on any atom is -0.506 e. The van der Waals surface area contributed by atoms with E-state index < -0.39 is 0 Å². The van der Waals surface area contributed by atoms with Crippen molar-refractivity contribution in [1.82, 2.24) is 5.32 Å². The number of aliphatic hydroxyl groups excluding tert-OH is 1. The number of aliphatic hydroxyl groups is 1. The highest BCUT2D eigenvalue weighted by molar-refractivity contribution is 6.51. The van der Waals surface area contributed by atoms with E-state index in [1.54, 1.807) is 12.1 Å². The molecule has 1 aliphatic rings. The van der Waals surface area contributed by atoms with Gasteiger partial charge < -0.3 is 15.3 Å². The summed E-state index contributed by atoms with van der Waals surface area (Å²) in [6, 6.07) is 14.7. The van der Waals surface area contributed by atoms with Gasteiger partial charge in [0.25, 0.3) is 0 Å². The lowest BCUT2D eigenvalue weighted by Gasteiger charge is -2.23. The molecule has 148 valence electrons. The van der Waals surface area contributed by atoms with Crippen LogP contribution in [-0.4, -0.2) is 36.9 Å². The molecular formula is C24H24N2O3. The zero-order valence-corrected chi connectivity index (χ0v) is 16.4. The number of allylic oxidation sites excluding steroid dienone is 2. The smallest absolute Gasteiger partial charge is 0.243 e. The van der Waals surface area contributed by atoms with E-state index in [4.69, 9.17) is 0 Å². The first kappa shape index (κ1) is 20.1. The van der Waals surface area contributed by atoms with Crippen LogP contribution in [0.25, 0.3) is 17.7 Å². The van der Waals surface area contributed by atoms with Crippen LogP contribution in [0.2, 0.25) is 0 Å². The van der Waals surface area contributed by atoms with Gasteiger partial charge in [-0.05, 0) is 40.6 Å². The van der Waals surface area contributed by atoms with E-state index >= 15 is 0 Å². The van der Waals surface area contributed by atoms with Gasteiger partial charge >= 0.3 is 0 Å². The Labute approximate surface area is 170 Å². The molecule has 0 saturated heterocycles. The lowest BCUT2D eigenvalue weighted by Crippen LogP contribution is -2.27. The molecule has 1 amide bonds. The van der Waals surface area contributed by atoms with Gasteiger partial charge in [-0.15, -0.1) is 0 Å². The van der Waals surface area contributed by atoms with E-state index in [1.165, 1.54) is 6.08 Å². The molecule has 2 aromatic carbocycles. The van der Waals surface area contributed by atoms with Crippen LogP contribution in [0.3, 0.4) is 0 Å². The Kier molecular flexibility index (Phi) is 5.98. The number of amides is 1. The van der Waals surface area contributed by atoms with Gasteiger partial charge in [-0.3, -0.25) is 9.59 Å². The minimum atomic E-state index is -0.172. The first-order valence-electron chi connectivity index (χ1n) is 9.42. The third kappa shape index (κ3) is 4.29. The fraction of sp³-hybridized carbons (Fsp3) is 0.167. The fourth-order valence-electron chi connectivity index (χ4n) is 3.22. The third-order valence-corrected chi connectivity index (χ3v) is 4.92. The summed E-state index contributed by atoms with van der Waals surface area (Å²) in [5.41, 5.74) is 2.38. The van der Waals surface area contributed by atoms with Crippen LogP contribution in [0.4, 0.5) is 5.69 Å². The lowest BCUT2D eigenvalue weighted by atomic mass is 9.82. The van der Waals surface area contributed by atoms with Crippen molar-refractivity contribution in [3.8, 4) is 0 Å². The van der Waals surface area contributed by atoms with Crippen LogP contribution in [0.15, 0.2) is 66.9 Å². The topological polar surface area (TPSA) is 69.6 Å². The number of ketones is 1. The van der Waals surface area contributed by atoms with Crippen LogP contribution >= 0.6 is 0 Å². The number of anilines is 1. The van der Waals surface area contributed by atoms with Gasteiger partial charge in [-0.2, -0.15) is 0 Å². The Morgan fingerprint density at radius 1 is 1.10 bits per heavy atom. The Morgan fingerprint density at radius 3 is 2.34 bits per heavy atom. The molecule has 0 heterocycles. The quantitative estimate of drug-likeness (QED) is 0.562. The molecule has 0 aliphatic heterocycles. The van der Waals surface area contributed by atoms with Crippen LogP contribution in [-0.2, 0) is 9.59 Å². The average Bonchev–Trinajstić information content (AvgIpc) is 2.73. The summed E-state index contributed by atoms with van der Waals surface area (Å²) in [5.74, 6) is -0.294. The molecule has 0 fully saturated rings. The van der Waals surface area contributed by atoms with E-state index in [9.17, 15) is 14.7 Å². The minimum absolute atomic E-state index is 0.0332. The van der Waals surface area contributed by atoms with E-state index in [-0.39, 0.29) is 17.4 Å². The van der Waals surface area contributed by atoms with Crippen molar-refractivity contribution in [2.75, 3.05) is 25.0 Å². The second kappa shape index (κ2) is 8.61. The van der Waals surface area contributed by atoms with Crippen molar-refractivity contribution in [2.24, 2.45) is 0 Å². The second-order valence-electron chi connectivity index (χ2n) is 6.94. The molecular weight excluding hydrogens is 364 g/mol. The van der Waals surface area contributed by atoms with Gasteiger partial charge in [-0.25, -0.2) is 0 Å². The number of carbonyl (C=O) groups excluding carboxylic acids is 2. The fourth-order valence-corrected chi connectivity index (χ4v) is 3.22. The summed E-state index contributed by atoms with van der Waals surface area (Å²) < 4.78 is 0. The highest BCUT2D eigenvalue weighted by Gasteiger charge is 2.34. The second-order valence-corrected chi connectivity index (χ2v) is 6.94. The first-order chi connectivity index (χ1) is 13.9. The summed E-state index contributed by atoms with van der Waals surface area (Å²) in [4.78, 5) is 25.8. The number of hydrogen-bond donors (Lipinski definition) is 2. The lowest BCUT2D eigenvalue weighted by molar-refractivity contribution is -0.116. The van der Waals surface area contributed by atoms with Crippen molar-refractivity contribution < 1.29 is 14.7 Å². The zero-order valence-electron chi connectivity index (χ0n) is 16.4. The maximum absolute atomic E-state index is 12.6. The highest BCUT2D eigenvalue weighted by Crippen LogP contribution is 2.36. The van der Waals surface area contributed by atoms with E-state index in [0.717, 1.165) is 23.9 Å². The van der Waals surface area contributed by atoms with Gasteiger partial charge in [0.15, 0.2) is 0 Å². The number of nitrogens with one attached hydrogen (secondary N) is 1. The zero-order chi connectivity index (χ0) is 21.0. The molecule has 2 aromatic rings. The molecule has 1 aliphatic carbocycles. The van der Waals surface area contributed by atoms with Gasteiger partial charge in [0.2, 0.25) is 11.7 Å². The monoisotopic (exact) mass is 388 g/mol. The van der Waals surface area contributed by atoms with Crippen LogP contribution < -0.4 is 20.7 Å². The maximum Gasteiger partial charge on any atom is 0.243 e. The Balaban J connectivity index is 1.70. The molecule has 2 N–H and O–H groups in total. The highest BCUT2D eigenvalue weighted by atomic mass is 16.3. The van der Waals surface area contributed by atoms with Crippen molar-refractivity contribution >= 4 is 35.1 Å². The number of carbonyl (C=O) groups is 2. The van der Waals surface area contributed by atoms with Crippen LogP contribution in [0, 0.1) is 0 Å². The molecule has 0 radical (unpaired) electrons. The van der Waals surface area contributed by atoms with Crippen LogP contribution in [0.1, 0.15) is 12.0 Å². The predicted molar refractivity (Wildman–Crippen MR) is 117 cm³/mol. The number of benzene rings is 2. The number of Topliss-reactive ketones (excluding diaryl/α,β-unsaturated/α-hetero) is 1. The molecule has 0 aromatic heterocycles. The SMILES string of the molecule is C=CC(=O)NCCCN(C)c1ccc(C2=C(O)C(=c3ccc(=C)cc3)C2=O)cc1. The molecule has 0 atom stereocenters. The molecule has 0 unspecified atom stereocenters. The number of rotatable bonds is 7. The summed E-state index contributed by atoms with van der Waals surface area (Å²) in [7, 11) is 1.97. The molecule has 0 bridgehead atoms. The van der Waals surface area contributed by atoms with Crippen LogP contribution in [0.5, 0.6) is 0 Å². The average molecular weight is 388 g/mol. The maximum atomic E-state index is 12.6. The summed E-state index contributed by atoms with van der Waals surface area (Å²) in [6.07, 6.45) is 2.06. The van der Waals surface area contributed by atoms with Gasteiger partial charge in [0.1, 0.15) is 5.76 Å². The van der Waals surface area contributed by atoms with E-state index in [1.807, 2.05) is 43.4 Å².